The Balaban J connectivity index is 1.71. The maximum absolute atomic E-state index is 12.4. The second-order valence-electron chi connectivity index (χ2n) is 6.49. The van der Waals surface area contributed by atoms with Crippen molar-refractivity contribution in [3.8, 4) is 0 Å². The Kier molecular flexibility index (Phi) is 4.81. The highest BCUT2D eigenvalue weighted by Gasteiger charge is 2.24. The summed E-state index contributed by atoms with van der Waals surface area (Å²) in [6, 6.07) is 14.7. The first-order valence-corrected chi connectivity index (χ1v) is 10.2. The highest BCUT2D eigenvalue weighted by atomic mass is 32.2. The van der Waals surface area contributed by atoms with Crippen LogP contribution < -0.4 is 10.2 Å². The van der Waals surface area contributed by atoms with Crippen LogP contribution in [0.1, 0.15) is 18.9 Å². The Morgan fingerprint density at radius 1 is 1.16 bits per heavy atom. The zero-order valence-corrected chi connectivity index (χ0v) is 15.2. The van der Waals surface area contributed by atoms with Crippen LogP contribution in [-0.2, 0) is 21.1 Å². The summed E-state index contributed by atoms with van der Waals surface area (Å²) >= 11 is 0. The van der Waals surface area contributed by atoms with Gasteiger partial charge in [0.15, 0.2) is 9.84 Å². The second kappa shape index (κ2) is 6.88. The fourth-order valence-electron chi connectivity index (χ4n) is 3.14. The van der Waals surface area contributed by atoms with E-state index in [2.05, 4.69) is 29.3 Å². The minimum Gasteiger partial charge on any atom is -0.359 e. The number of rotatable bonds is 4. The van der Waals surface area contributed by atoms with Gasteiger partial charge < -0.3 is 10.2 Å². The molecule has 0 spiro atoms. The summed E-state index contributed by atoms with van der Waals surface area (Å²) in [5, 5.41) is 2.84. The van der Waals surface area contributed by atoms with Crippen LogP contribution in [-0.4, -0.2) is 33.2 Å². The Morgan fingerprint density at radius 3 is 2.52 bits per heavy atom. The van der Waals surface area contributed by atoms with Crippen molar-refractivity contribution in [2.24, 2.45) is 0 Å². The first kappa shape index (κ1) is 17.5. The molecule has 0 saturated heterocycles. The van der Waals surface area contributed by atoms with E-state index in [0.717, 1.165) is 24.8 Å². The van der Waals surface area contributed by atoms with Crippen LogP contribution in [0.15, 0.2) is 53.4 Å². The van der Waals surface area contributed by atoms with Crippen molar-refractivity contribution in [2.75, 3.05) is 23.0 Å². The molecule has 1 heterocycles. The lowest BCUT2D eigenvalue weighted by Gasteiger charge is -2.36. The van der Waals surface area contributed by atoms with Crippen LogP contribution in [0.5, 0.6) is 0 Å². The van der Waals surface area contributed by atoms with Gasteiger partial charge in [-0.05, 0) is 55.7 Å². The van der Waals surface area contributed by atoms with E-state index < -0.39 is 9.84 Å². The van der Waals surface area contributed by atoms with E-state index in [1.165, 1.54) is 17.7 Å². The fourth-order valence-corrected chi connectivity index (χ4v) is 3.77. The van der Waals surface area contributed by atoms with Gasteiger partial charge in [0.25, 0.3) is 0 Å². The number of anilines is 2. The molecule has 1 N–H and O–H groups in total. The molecule has 1 atom stereocenters. The molecule has 5 nitrogen and oxygen atoms in total. The summed E-state index contributed by atoms with van der Waals surface area (Å²) in [5.41, 5.74) is 2.98. The quantitative estimate of drug-likeness (QED) is 0.913. The van der Waals surface area contributed by atoms with E-state index in [0.29, 0.717) is 11.7 Å². The lowest BCUT2D eigenvalue weighted by Crippen LogP contribution is -2.42. The molecule has 2 aromatic rings. The van der Waals surface area contributed by atoms with Gasteiger partial charge in [-0.2, -0.15) is 0 Å². The van der Waals surface area contributed by atoms with E-state index >= 15 is 0 Å². The average Bonchev–Trinajstić information content (AvgIpc) is 2.57. The number of nitrogens with one attached hydrogen (secondary N) is 1. The van der Waals surface area contributed by atoms with Crippen LogP contribution in [0.4, 0.5) is 11.4 Å². The monoisotopic (exact) mass is 358 g/mol. The highest BCUT2D eigenvalue weighted by Crippen LogP contribution is 2.30. The summed E-state index contributed by atoms with van der Waals surface area (Å²) in [7, 11) is -3.23. The van der Waals surface area contributed by atoms with Crippen LogP contribution in [0.3, 0.4) is 0 Å². The van der Waals surface area contributed by atoms with Gasteiger partial charge in [0, 0.05) is 23.7 Å². The number of carbonyl (C=O) groups excluding carboxylic acids is 1. The van der Waals surface area contributed by atoms with E-state index in [9.17, 15) is 13.2 Å². The van der Waals surface area contributed by atoms with Crippen molar-refractivity contribution in [3.05, 3.63) is 54.1 Å². The van der Waals surface area contributed by atoms with Crippen LogP contribution in [0.2, 0.25) is 0 Å². The summed E-state index contributed by atoms with van der Waals surface area (Å²) in [4.78, 5) is 14.8. The smallest absolute Gasteiger partial charge is 0.243 e. The first-order chi connectivity index (χ1) is 11.8. The molecule has 1 amide bonds. The zero-order chi connectivity index (χ0) is 18.0. The molecule has 1 aliphatic rings. The predicted molar refractivity (Wildman–Crippen MR) is 99.8 cm³/mol. The minimum absolute atomic E-state index is 0.115. The molecule has 2 aromatic carbocycles. The number of hydrogen-bond donors (Lipinski definition) is 1. The largest absolute Gasteiger partial charge is 0.359 e. The van der Waals surface area contributed by atoms with Crippen molar-refractivity contribution in [1.82, 2.24) is 0 Å². The van der Waals surface area contributed by atoms with Crippen molar-refractivity contribution in [2.45, 2.75) is 30.7 Å². The molecule has 132 valence electrons. The second-order valence-corrected chi connectivity index (χ2v) is 8.50. The van der Waals surface area contributed by atoms with Crippen LogP contribution >= 0.6 is 0 Å². The van der Waals surface area contributed by atoms with E-state index in [4.69, 9.17) is 0 Å². The summed E-state index contributed by atoms with van der Waals surface area (Å²) in [6.07, 6.45) is 3.21. The molecule has 1 unspecified atom stereocenters. The van der Waals surface area contributed by atoms with Crippen molar-refractivity contribution >= 4 is 27.1 Å². The Bertz CT molecular complexity index is 876. The van der Waals surface area contributed by atoms with Gasteiger partial charge >= 0.3 is 0 Å². The molecular formula is C19H22N2O3S. The number of fused-ring (bicyclic) bond motifs is 1. The fraction of sp³-hybridized carbons (Fsp3) is 0.316. The average molecular weight is 358 g/mol. The topological polar surface area (TPSA) is 66.5 Å². The Hall–Kier alpha value is -2.34. The summed E-state index contributed by atoms with van der Waals surface area (Å²) < 4.78 is 23.0. The third-order valence-electron chi connectivity index (χ3n) is 4.54. The van der Waals surface area contributed by atoms with Gasteiger partial charge in [-0.3, -0.25) is 4.79 Å². The maximum atomic E-state index is 12.4. The normalized spacial score (nSPS) is 17.0. The molecular weight excluding hydrogens is 336 g/mol. The lowest BCUT2D eigenvalue weighted by atomic mass is 9.96. The zero-order valence-electron chi connectivity index (χ0n) is 14.4. The van der Waals surface area contributed by atoms with Crippen molar-refractivity contribution in [3.63, 3.8) is 0 Å². The van der Waals surface area contributed by atoms with Gasteiger partial charge in [-0.25, -0.2) is 8.42 Å². The third-order valence-corrected chi connectivity index (χ3v) is 5.67. The van der Waals surface area contributed by atoms with Gasteiger partial charge in [-0.1, -0.05) is 18.2 Å². The number of amides is 1. The van der Waals surface area contributed by atoms with Gasteiger partial charge in [-0.15, -0.1) is 0 Å². The Morgan fingerprint density at radius 2 is 1.84 bits per heavy atom. The summed E-state index contributed by atoms with van der Waals surface area (Å²) in [6.45, 7) is 2.40. The molecule has 0 aromatic heterocycles. The number of hydrogen-bond acceptors (Lipinski definition) is 4. The van der Waals surface area contributed by atoms with Crippen molar-refractivity contribution < 1.29 is 13.2 Å². The first-order valence-electron chi connectivity index (χ1n) is 8.29. The minimum atomic E-state index is -3.23. The van der Waals surface area contributed by atoms with Gasteiger partial charge in [0.2, 0.25) is 5.91 Å². The molecule has 1 aliphatic heterocycles. The Labute approximate surface area is 148 Å². The van der Waals surface area contributed by atoms with E-state index in [1.54, 1.807) is 12.1 Å². The van der Waals surface area contributed by atoms with Gasteiger partial charge in [0.1, 0.15) is 0 Å². The number of para-hydroxylation sites is 1. The van der Waals surface area contributed by atoms with Crippen LogP contribution in [0, 0.1) is 0 Å². The number of sulfone groups is 1. The molecule has 0 fully saturated rings. The standard InChI is InChI=1S/C19H22N2O3S/c1-14-7-8-15-5-3-4-6-18(15)21(14)13-19(22)20-16-9-11-17(12-10-16)25(2,23)24/h3-6,9-12,14H,7-8,13H2,1-2H3,(H,20,22). The maximum Gasteiger partial charge on any atom is 0.243 e. The van der Waals surface area contributed by atoms with E-state index in [-0.39, 0.29) is 17.3 Å². The lowest BCUT2D eigenvalue weighted by molar-refractivity contribution is -0.115. The summed E-state index contributed by atoms with van der Waals surface area (Å²) in [5.74, 6) is -0.115. The molecule has 25 heavy (non-hydrogen) atoms. The molecule has 0 saturated carbocycles. The van der Waals surface area contributed by atoms with Crippen molar-refractivity contribution in [1.29, 1.82) is 0 Å². The number of carbonyl (C=O) groups is 1. The number of nitrogens with zero attached hydrogens (tertiary/aromatic N) is 1. The molecule has 0 bridgehead atoms. The van der Waals surface area contributed by atoms with Gasteiger partial charge in [0.05, 0.1) is 11.4 Å². The molecule has 3 rings (SSSR count). The number of benzene rings is 2. The third kappa shape index (κ3) is 4.02. The number of aryl methyl sites for hydroxylation is 1. The molecule has 0 aliphatic carbocycles. The predicted octanol–water partition coefficient (Wildman–Crippen LogP) is 2.87. The molecule has 0 radical (unpaired) electrons. The molecule has 6 heteroatoms. The highest BCUT2D eigenvalue weighted by molar-refractivity contribution is 7.90. The van der Waals surface area contributed by atoms with Crippen LogP contribution in [0.25, 0.3) is 0 Å². The SMILES string of the molecule is CC1CCc2ccccc2N1CC(=O)Nc1ccc(S(C)(=O)=O)cc1. The van der Waals surface area contributed by atoms with E-state index in [1.807, 2.05) is 12.1 Å².